The number of aryl methyl sites for hydroxylation is 2. The molecule has 0 aliphatic heterocycles. The molecule has 9 nitrogen and oxygen atoms in total. The fourth-order valence-electron chi connectivity index (χ4n) is 3.91. The fourth-order valence-corrected chi connectivity index (χ4v) is 3.91. The van der Waals surface area contributed by atoms with E-state index in [-0.39, 0.29) is 6.61 Å². The smallest absolute Gasteiger partial charge is 0.439 e. The van der Waals surface area contributed by atoms with Crippen molar-refractivity contribution in [3.63, 3.8) is 0 Å². The molecule has 2 heterocycles. The zero-order chi connectivity index (χ0) is 24.8. The molecule has 2 aromatic heterocycles. The number of carbonyl (C=O) groups excluding carboxylic acids is 1. The number of hydrogen-bond donors (Lipinski definition) is 2. The molecule has 0 aliphatic rings. The molecule has 0 bridgehead atoms. The van der Waals surface area contributed by atoms with Crippen molar-refractivity contribution in [2.24, 2.45) is 5.73 Å². The molecule has 4 aromatic rings. The van der Waals surface area contributed by atoms with Crippen molar-refractivity contribution in [3.8, 4) is 28.4 Å². The highest BCUT2D eigenvalue weighted by Crippen LogP contribution is 2.31. The van der Waals surface area contributed by atoms with E-state index in [4.69, 9.17) is 10.5 Å². The molecule has 0 radical (unpaired) electrons. The average molecular weight is 474 g/mol. The van der Waals surface area contributed by atoms with Crippen LogP contribution in [-0.4, -0.2) is 32.6 Å². The zero-order valence-corrected chi connectivity index (χ0v) is 19.7. The van der Waals surface area contributed by atoms with Crippen molar-refractivity contribution in [2.45, 2.75) is 39.5 Å². The van der Waals surface area contributed by atoms with E-state index in [2.05, 4.69) is 31.6 Å². The number of carbonyl (C=O) groups is 1. The van der Waals surface area contributed by atoms with Gasteiger partial charge >= 0.3 is 5.76 Å². The minimum absolute atomic E-state index is 0.240. The standard InChI is InChI=1S/C26H27N5O4/c1-3-4-9-22-21(25(29-16(2)28-22)34-15-23(27)32)14-17-10-12-18(13-11-17)19-7-5-6-8-20(19)24-30-26(33)35-31-24/h5-8,10-13H,3-4,9,14-15H2,1-2H3,(H2,27,32)(H,30,31,33). The second-order valence-corrected chi connectivity index (χ2v) is 8.22. The number of H-pyrrole nitrogens is 1. The van der Waals surface area contributed by atoms with Gasteiger partial charge in [-0.1, -0.05) is 67.0 Å². The molecule has 2 aromatic carbocycles. The van der Waals surface area contributed by atoms with Crippen molar-refractivity contribution >= 4 is 5.91 Å². The van der Waals surface area contributed by atoms with Gasteiger partial charge < -0.3 is 10.5 Å². The number of nitrogens with two attached hydrogens (primary N) is 1. The number of aromatic nitrogens is 4. The van der Waals surface area contributed by atoms with E-state index >= 15 is 0 Å². The summed E-state index contributed by atoms with van der Waals surface area (Å²) >= 11 is 0. The van der Waals surface area contributed by atoms with E-state index in [0.29, 0.717) is 23.9 Å². The maximum Gasteiger partial charge on any atom is 0.439 e. The average Bonchev–Trinajstić information content (AvgIpc) is 3.29. The molecule has 3 N–H and O–H groups in total. The first kappa shape index (κ1) is 23.9. The molecule has 1 amide bonds. The lowest BCUT2D eigenvalue weighted by molar-refractivity contribution is -0.120. The first-order chi connectivity index (χ1) is 16.9. The van der Waals surface area contributed by atoms with Gasteiger partial charge in [-0.15, -0.1) is 0 Å². The van der Waals surface area contributed by atoms with Gasteiger partial charge in [-0.3, -0.25) is 14.3 Å². The zero-order valence-electron chi connectivity index (χ0n) is 19.7. The topological polar surface area (TPSA) is 137 Å². The van der Waals surface area contributed by atoms with Gasteiger partial charge in [0.05, 0.1) is 5.69 Å². The molecule has 35 heavy (non-hydrogen) atoms. The van der Waals surface area contributed by atoms with Gasteiger partial charge in [0.2, 0.25) is 5.88 Å². The summed E-state index contributed by atoms with van der Waals surface area (Å²) in [4.78, 5) is 34.4. The van der Waals surface area contributed by atoms with E-state index in [1.54, 1.807) is 0 Å². The van der Waals surface area contributed by atoms with Crippen molar-refractivity contribution < 1.29 is 14.1 Å². The van der Waals surface area contributed by atoms with Crippen LogP contribution in [0.25, 0.3) is 22.5 Å². The minimum atomic E-state index is -0.598. The third-order valence-electron chi connectivity index (χ3n) is 5.55. The summed E-state index contributed by atoms with van der Waals surface area (Å²) in [6, 6.07) is 15.7. The number of hydrogen-bond acceptors (Lipinski definition) is 7. The first-order valence-corrected chi connectivity index (χ1v) is 11.5. The van der Waals surface area contributed by atoms with Crippen LogP contribution in [0.2, 0.25) is 0 Å². The van der Waals surface area contributed by atoms with E-state index in [9.17, 15) is 9.59 Å². The summed E-state index contributed by atoms with van der Waals surface area (Å²) in [5.41, 5.74) is 10.7. The van der Waals surface area contributed by atoms with E-state index < -0.39 is 11.7 Å². The van der Waals surface area contributed by atoms with Crippen LogP contribution in [0.5, 0.6) is 5.88 Å². The lowest BCUT2D eigenvalue weighted by Crippen LogP contribution is -2.21. The van der Waals surface area contributed by atoms with Crippen molar-refractivity contribution in [2.75, 3.05) is 6.61 Å². The summed E-state index contributed by atoms with van der Waals surface area (Å²) in [5.74, 6) is 0.213. The molecular formula is C26H27N5O4. The van der Waals surface area contributed by atoms with Crippen molar-refractivity contribution in [3.05, 3.63) is 81.7 Å². The van der Waals surface area contributed by atoms with Gasteiger partial charge in [-0.2, -0.15) is 4.98 Å². The molecule has 0 unspecified atom stereocenters. The van der Waals surface area contributed by atoms with E-state index in [1.165, 1.54) is 0 Å². The molecule has 0 saturated carbocycles. The maximum absolute atomic E-state index is 11.4. The van der Waals surface area contributed by atoms with Gasteiger partial charge in [0.25, 0.3) is 5.91 Å². The molecule has 0 atom stereocenters. The van der Waals surface area contributed by atoms with Gasteiger partial charge in [0.1, 0.15) is 5.82 Å². The molecule has 9 heteroatoms. The number of primary amides is 1. The second kappa shape index (κ2) is 10.8. The number of amides is 1. The Morgan fingerprint density at radius 3 is 2.49 bits per heavy atom. The lowest BCUT2D eigenvalue weighted by Gasteiger charge is -2.15. The SMILES string of the molecule is CCCCc1nc(C)nc(OCC(N)=O)c1Cc1ccc(-c2ccccc2-c2noc(=O)[nH]2)cc1. The highest BCUT2D eigenvalue weighted by molar-refractivity contribution is 5.80. The number of unbranched alkanes of at least 4 members (excludes halogenated alkanes) is 1. The fraction of sp³-hybridized carbons (Fsp3) is 0.269. The quantitative estimate of drug-likeness (QED) is 0.359. The number of nitrogens with one attached hydrogen (secondary N) is 1. The number of aromatic amines is 1. The summed E-state index contributed by atoms with van der Waals surface area (Å²) in [5, 5.41) is 3.82. The number of ether oxygens (including phenoxy) is 1. The Morgan fingerprint density at radius 2 is 1.83 bits per heavy atom. The first-order valence-electron chi connectivity index (χ1n) is 11.5. The Morgan fingerprint density at radius 1 is 1.09 bits per heavy atom. The lowest BCUT2D eigenvalue weighted by atomic mass is 9.96. The van der Waals surface area contributed by atoms with Crippen LogP contribution in [0.15, 0.2) is 57.8 Å². The second-order valence-electron chi connectivity index (χ2n) is 8.22. The van der Waals surface area contributed by atoms with Crippen molar-refractivity contribution in [1.29, 1.82) is 0 Å². The molecular weight excluding hydrogens is 446 g/mol. The van der Waals surface area contributed by atoms with Crippen LogP contribution in [0.1, 0.15) is 42.4 Å². The largest absolute Gasteiger partial charge is 0.467 e. The monoisotopic (exact) mass is 473 g/mol. The maximum atomic E-state index is 11.4. The van der Waals surface area contributed by atoms with Gasteiger partial charge in [0.15, 0.2) is 12.4 Å². The Labute approximate surface area is 202 Å². The molecule has 0 fully saturated rings. The van der Waals surface area contributed by atoms with Crippen LogP contribution >= 0.6 is 0 Å². The molecule has 0 aliphatic carbocycles. The normalized spacial score (nSPS) is 10.9. The van der Waals surface area contributed by atoms with Crippen LogP contribution in [0.4, 0.5) is 0 Å². The summed E-state index contributed by atoms with van der Waals surface area (Å²) in [6.07, 6.45) is 3.36. The molecule has 0 spiro atoms. The number of benzene rings is 2. The van der Waals surface area contributed by atoms with Crippen LogP contribution in [0.3, 0.4) is 0 Å². The van der Waals surface area contributed by atoms with Crippen molar-refractivity contribution in [1.82, 2.24) is 20.1 Å². The van der Waals surface area contributed by atoms with Gasteiger partial charge in [-0.25, -0.2) is 9.78 Å². The summed E-state index contributed by atoms with van der Waals surface area (Å²) < 4.78 is 10.3. The highest BCUT2D eigenvalue weighted by Gasteiger charge is 2.17. The Hall–Kier alpha value is -4.27. The Bertz CT molecular complexity index is 1380. The van der Waals surface area contributed by atoms with Gasteiger partial charge in [0, 0.05) is 17.5 Å². The number of nitrogens with zero attached hydrogens (tertiary/aromatic N) is 3. The predicted octanol–water partition coefficient (Wildman–Crippen LogP) is 3.59. The van der Waals surface area contributed by atoms with Crippen LogP contribution in [0, 0.1) is 6.92 Å². The molecule has 180 valence electrons. The van der Waals surface area contributed by atoms with E-state index in [1.807, 2.05) is 55.5 Å². The number of rotatable bonds is 10. The van der Waals surface area contributed by atoms with Crippen LogP contribution in [-0.2, 0) is 17.6 Å². The Kier molecular flexibility index (Phi) is 7.35. The third kappa shape index (κ3) is 5.81. The highest BCUT2D eigenvalue weighted by atomic mass is 16.5. The van der Waals surface area contributed by atoms with Crippen LogP contribution < -0.4 is 16.2 Å². The third-order valence-corrected chi connectivity index (χ3v) is 5.55. The summed E-state index contributed by atoms with van der Waals surface area (Å²) in [7, 11) is 0. The molecule has 4 rings (SSSR count). The van der Waals surface area contributed by atoms with E-state index in [0.717, 1.165) is 52.8 Å². The summed E-state index contributed by atoms with van der Waals surface area (Å²) in [6.45, 7) is 3.70. The minimum Gasteiger partial charge on any atom is -0.467 e. The predicted molar refractivity (Wildman–Crippen MR) is 131 cm³/mol. The molecule has 0 saturated heterocycles. The Balaban J connectivity index is 1.65. The van der Waals surface area contributed by atoms with Gasteiger partial charge in [-0.05, 0) is 36.5 Å².